The maximum absolute atomic E-state index is 13.4. The van der Waals surface area contributed by atoms with Crippen molar-refractivity contribution in [3.05, 3.63) is 54.0 Å². The van der Waals surface area contributed by atoms with Crippen LogP contribution in [0.2, 0.25) is 0 Å². The molecule has 2 heterocycles. The van der Waals surface area contributed by atoms with Crippen molar-refractivity contribution in [2.24, 2.45) is 0 Å². The Kier molecular flexibility index (Phi) is 2.95. The van der Waals surface area contributed by atoms with E-state index in [1.807, 2.05) is 4.40 Å². The summed E-state index contributed by atoms with van der Waals surface area (Å²) in [6, 6.07) is 5.71. The first kappa shape index (κ1) is 11.8. The Morgan fingerprint density at radius 3 is 3.00 bits per heavy atom. The van der Waals surface area contributed by atoms with E-state index < -0.39 is 5.82 Å². The average Bonchev–Trinajstić information content (AvgIpc) is 2.76. The predicted octanol–water partition coefficient (Wildman–Crippen LogP) is 2.98. The molecule has 0 aliphatic rings. The van der Waals surface area contributed by atoms with Crippen molar-refractivity contribution in [3.63, 3.8) is 0 Å². The summed E-state index contributed by atoms with van der Waals surface area (Å²) in [4.78, 5) is 7.37. The van der Waals surface area contributed by atoms with Gasteiger partial charge in [-0.15, -0.1) is 17.5 Å². The fraction of sp³-hybridized carbons (Fsp3) is 0. The zero-order valence-electron chi connectivity index (χ0n) is 8.42. The number of fused-ring (bicyclic) bond motifs is 3. The molecular formula is C12H5FN3Pt-. The molecule has 0 unspecified atom stereocenters. The molecule has 0 spiro atoms. The Bertz CT molecular complexity index is 742. The van der Waals surface area contributed by atoms with Crippen molar-refractivity contribution in [2.45, 2.75) is 0 Å². The van der Waals surface area contributed by atoms with Gasteiger partial charge in [0.1, 0.15) is 5.69 Å². The average molecular weight is 405 g/mol. The summed E-state index contributed by atoms with van der Waals surface area (Å²) < 4.78 is 15.2. The van der Waals surface area contributed by atoms with Crippen LogP contribution in [0.25, 0.3) is 21.3 Å². The normalized spacial score (nSPS) is 10.1. The SMILES string of the molecule is [C-]#[N+]c1c(F)c[c-]c2c1ccn1ccnc21.[Pt]. The van der Waals surface area contributed by atoms with Gasteiger partial charge in [0.05, 0.1) is 12.2 Å². The predicted molar refractivity (Wildman–Crippen MR) is 57.8 cm³/mol. The number of nitrogens with zero attached hydrogens (tertiary/aromatic N) is 3. The number of imidazole rings is 1. The van der Waals surface area contributed by atoms with Crippen LogP contribution in [0.15, 0.2) is 30.7 Å². The quantitative estimate of drug-likeness (QED) is 0.527. The molecule has 1 aromatic carbocycles. The number of aromatic nitrogens is 2. The van der Waals surface area contributed by atoms with Gasteiger partial charge in [-0.05, 0) is 6.20 Å². The number of pyridine rings is 1. The molecule has 0 aliphatic carbocycles. The Labute approximate surface area is 111 Å². The van der Waals surface area contributed by atoms with E-state index >= 15 is 0 Å². The zero-order valence-corrected chi connectivity index (χ0v) is 10.7. The molecule has 3 rings (SSSR count). The maximum Gasteiger partial charge on any atom is 0.149 e. The molecule has 0 bridgehead atoms. The minimum atomic E-state index is -0.543. The molecule has 17 heavy (non-hydrogen) atoms. The van der Waals surface area contributed by atoms with Crippen LogP contribution < -0.4 is 0 Å². The molecule has 0 saturated heterocycles. The summed E-state index contributed by atoms with van der Waals surface area (Å²) in [6.45, 7) is 6.98. The van der Waals surface area contributed by atoms with Gasteiger partial charge in [0.2, 0.25) is 0 Å². The largest absolute Gasteiger partial charge is 0.347 e. The Morgan fingerprint density at radius 1 is 1.41 bits per heavy atom. The van der Waals surface area contributed by atoms with Gasteiger partial charge in [-0.2, -0.15) is 0 Å². The summed E-state index contributed by atoms with van der Waals surface area (Å²) in [5.74, 6) is -0.543. The topological polar surface area (TPSA) is 21.7 Å². The van der Waals surface area contributed by atoms with Gasteiger partial charge in [-0.3, -0.25) is 14.2 Å². The van der Waals surface area contributed by atoms with Crippen molar-refractivity contribution in [2.75, 3.05) is 0 Å². The third kappa shape index (κ3) is 1.64. The monoisotopic (exact) mass is 405 g/mol. The summed E-state index contributed by atoms with van der Waals surface area (Å²) in [5, 5.41) is 1.22. The van der Waals surface area contributed by atoms with E-state index in [-0.39, 0.29) is 26.8 Å². The van der Waals surface area contributed by atoms with Crippen molar-refractivity contribution in [3.8, 4) is 0 Å². The van der Waals surface area contributed by atoms with E-state index in [9.17, 15) is 4.39 Å². The molecule has 0 radical (unpaired) electrons. The smallest absolute Gasteiger partial charge is 0.149 e. The van der Waals surface area contributed by atoms with E-state index in [0.29, 0.717) is 16.4 Å². The van der Waals surface area contributed by atoms with Crippen LogP contribution in [0.1, 0.15) is 0 Å². The van der Waals surface area contributed by atoms with Crippen LogP contribution in [0.3, 0.4) is 0 Å². The summed E-state index contributed by atoms with van der Waals surface area (Å²) in [6.07, 6.45) is 5.21. The molecule has 2 aromatic heterocycles. The number of benzene rings is 1. The van der Waals surface area contributed by atoms with Crippen molar-refractivity contribution < 1.29 is 25.5 Å². The fourth-order valence-electron chi connectivity index (χ4n) is 1.77. The van der Waals surface area contributed by atoms with E-state index in [0.717, 1.165) is 0 Å². The van der Waals surface area contributed by atoms with Crippen LogP contribution in [0.4, 0.5) is 10.1 Å². The molecule has 3 nitrogen and oxygen atoms in total. The standard InChI is InChI=1S/C12H5FN3.Pt/c1-14-11-8-4-6-16-7-5-15-12(16)9(8)2-3-10(11)13;/h3-7H;/q-1;. The van der Waals surface area contributed by atoms with Gasteiger partial charge in [-0.25, -0.2) is 0 Å². The van der Waals surface area contributed by atoms with Crippen molar-refractivity contribution in [1.29, 1.82) is 0 Å². The Balaban J connectivity index is 0.00000108. The summed E-state index contributed by atoms with van der Waals surface area (Å²) in [7, 11) is 0. The third-order valence-corrected chi connectivity index (χ3v) is 2.50. The van der Waals surface area contributed by atoms with Crippen LogP contribution in [-0.2, 0) is 21.1 Å². The van der Waals surface area contributed by atoms with Gasteiger partial charge < -0.3 is 4.40 Å². The Hall–Kier alpha value is -1.72. The van der Waals surface area contributed by atoms with Gasteiger partial charge in [0, 0.05) is 39.3 Å². The number of hydrogen-bond acceptors (Lipinski definition) is 1. The molecule has 3 aromatic rings. The minimum absolute atomic E-state index is 0. The molecule has 0 N–H and O–H groups in total. The first-order valence-corrected chi connectivity index (χ1v) is 4.64. The van der Waals surface area contributed by atoms with E-state index in [4.69, 9.17) is 6.57 Å². The van der Waals surface area contributed by atoms with Gasteiger partial charge in [-0.1, -0.05) is 11.5 Å². The fourth-order valence-corrected chi connectivity index (χ4v) is 1.77. The van der Waals surface area contributed by atoms with E-state index in [2.05, 4.69) is 15.9 Å². The summed E-state index contributed by atoms with van der Waals surface area (Å²) in [5.41, 5.74) is 0.710. The molecule has 0 saturated carbocycles. The first-order chi connectivity index (χ1) is 7.81. The number of hydrogen-bond donors (Lipinski definition) is 0. The second-order valence-electron chi connectivity index (χ2n) is 3.36. The molecular weight excluding hydrogens is 400 g/mol. The van der Waals surface area contributed by atoms with Crippen molar-refractivity contribution >= 4 is 22.1 Å². The third-order valence-electron chi connectivity index (χ3n) is 2.50. The van der Waals surface area contributed by atoms with Gasteiger partial charge in [0.15, 0.2) is 0 Å². The molecule has 0 fully saturated rings. The molecule has 5 heteroatoms. The molecule has 0 atom stereocenters. The Morgan fingerprint density at radius 2 is 2.24 bits per heavy atom. The van der Waals surface area contributed by atoms with Crippen LogP contribution in [-0.4, -0.2) is 9.38 Å². The van der Waals surface area contributed by atoms with Crippen LogP contribution in [0.5, 0.6) is 0 Å². The molecule has 0 aliphatic heterocycles. The number of halogens is 1. The summed E-state index contributed by atoms with van der Waals surface area (Å²) >= 11 is 0. The van der Waals surface area contributed by atoms with E-state index in [1.54, 1.807) is 24.7 Å². The van der Waals surface area contributed by atoms with Crippen LogP contribution >= 0.6 is 0 Å². The molecule has 0 amide bonds. The van der Waals surface area contributed by atoms with E-state index in [1.165, 1.54) is 6.07 Å². The zero-order chi connectivity index (χ0) is 11.1. The minimum Gasteiger partial charge on any atom is -0.347 e. The van der Waals surface area contributed by atoms with Crippen LogP contribution in [0, 0.1) is 18.5 Å². The van der Waals surface area contributed by atoms with Crippen molar-refractivity contribution in [1.82, 2.24) is 9.38 Å². The van der Waals surface area contributed by atoms with Gasteiger partial charge >= 0.3 is 0 Å². The first-order valence-electron chi connectivity index (χ1n) is 4.64. The maximum atomic E-state index is 13.4. The molecule has 86 valence electrons. The number of rotatable bonds is 0. The van der Waals surface area contributed by atoms with Gasteiger partial charge in [0.25, 0.3) is 0 Å². The second kappa shape index (κ2) is 4.27. The second-order valence-corrected chi connectivity index (χ2v) is 3.36.